The van der Waals surface area contributed by atoms with Crippen LogP contribution in [0, 0.1) is 0 Å². The average molecular weight is 286 g/mol. The Balaban J connectivity index is 3.84. The van der Waals surface area contributed by atoms with E-state index in [1.807, 2.05) is 6.08 Å². The van der Waals surface area contributed by atoms with Crippen molar-refractivity contribution in [2.24, 2.45) is 0 Å². The van der Waals surface area contributed by atoms with Gasteiger partial charge in [-0.05, 0) is 37.5 Å². The Kier molecular flexibility index (Phi) is 7.41. The van der Waals surface area contributed by atoms with Gasteiger partial charge in [-0.2, -0.15) is 0 Å². The van der Waals surface area contributed by atoms with E-state index in [2.05, 4.69) is 19.6 Å². The molecule has 0 N–H and O–H groups in total. The summed E-state index contributed by atoms with van der Waals surface area (Å²) in [7, 11) is 1.72. The Morgan fingerprint density at radius 2 is 1.80 bits per heavy atom. The molecule has 0 amide bonds. The molecule has 0 unspecified atom stereocenters. The van der Waals surface area contributed by atoms with Crippen molar-refractivity contribution in [2.45, 2.75) is 19.6 Å². The summed E-state index contributed by atoms with van der Waals surface area (Å²) in [6.07, 6.45) is 3.70. The van der Waals surface area contributed by atoms with Crippen LogP contribution in [0.2, 0.25) is 19.6 Å². The summed E-state index contributed by atoms with van der Waals surface area (Å²) in [5.41, 5.74) is -2.11. The van der Waals surface area contributed by atoms with Gasteiger partial charge in [0, 0.05) is 20.0 Å². The van der Waals surface area contributed by atoms with Gasteiger partial charge < -0.3 is 13.5 Å². The third-order valence-corrected chi connectivity index (χ3v) is 7.82. The van der Waals surface area contributed by atoms with Gasteiger partial charge in [0.15, 0.2) is 0 Å². The van der Waals surface area contributed by atoms with Crippen LogP contribution < -0.4 is 0 Å². The lowest BCUT2D eigenvalue weighted by molar-refractivity contribution is 0.354. The zero-order valence-corrected chi connectivity index (χ0v) is 13.4. The van der Waals surface area contributed by atoms with Gasteiger partial charge in [0.05, 0.1) is 6.26 Å². The summed E-state index contributed by atoms with van der Waals surface area (Å²) < 4.78 is 15.8. The zero-order chi connectivity index (χ0) is 11.9. The van der Waals surface area contributed by atoms with Crippen LogP contribution in [0.25, 0.3) is 0 Å². The largest absolute Gasteiger partial charge is 0.550 e. The lowest BCUT2D eigenvalue weighted by atomic mass is 10.7. The first kappa shape index (κ1) is 15.7. The Labute approximate surface area is 103 Å². The fourth-order valence-electron chi connectivity index (χ4n) is 0.606. The molecule has 90 valence electrons. The summed E-state index contributed by atoms with van der Waals surface area (Å²) in [5.74, 6) is 0.753. The van der Waals surface area contributed by atoms with Gasteiger partial charge in [-0.25, -0.2) is 0 Å². The van der Waals surface area contributed by atoms with Crippen molar-refractivity contribution in [2.75, 3.05) is 20.0 Å². The van der Waals surface area contributed by atoms with Crippen molar-refractivity contribution >= 4 is 37.2 Å². The van der Waals surface area contributed by atoms with Crippen LogP contribution in [-0.2, 0) is 25.3 Å². The maximum Gasteiger partial charge on any atom is 0.247 e. The Bertz CT molecular complexity index is 245. The van der Waals surface area contributed by atoms with Gasteiger partial charge in [0.2, 0.25) is 14.0 Å². The average Bonchev–Trinajstić information content (AvgIpc) is 2.15. The standard InChI is InChI=1S/C8H19O3PS2Si/c1-9-12(13,10-2)14-8-6-7-11-15(3,4)5/h6-7H,8H2,1-5H3/b7-6+. The van der Waals surface area contributed by atoms with E-state index in [4.69, 9.17) is 25.3 Å². The third kappa shape index (κ3) is 8.48. The smallest absolute Gasteiger partial charge is 0.247 e. The van der Waals surface area contributed by atoms with Gasteiger partial charge in [-0.1, -0.05) is 11.4 Å². The minimum Gasteiger partial charge on any atom is -0.550 e. The van der Waals surface area contributed by atoms with Gasteiger partial charge in [-0.15, -0.1) is 0 Å². The number of hydrogen-bond acceptors (Lipinski definition) is 5. The van der Waals surface area contributed by atoms with Crippen molar-refractivity contribution in [1.29, 1.82) is 0 Å². The second kappa shape index (κ2) is 7.09. The van der Waals surface area contributed by atoms with Crippen molar-refractivity contribution in [3.05, 3.63) is 12.3 Å². The molecule has 0 fully saturated rings. The fraction of sp³-hybridized carbons (Fsp3) is 0.750. The van der Waals surface area contributed by atoms with E-state index in [0.29, 0.717) is 0 Å². The molecule has 0 bridgehead atoms. The maximum atomic E-state index is 5.55. The van der Waals surface area contributed by atoms with Crippen LogP contribution in [0.5, 0.6) is 0 Å². The Morgan fingerprint density at radius 1 is 1.27 bits per heavy atom. The van der Waals surface area contributed by atoms with E-state index >= 15 is 0 Å². The first-order valence-corrected chi connectivity index (χ1v) is 12.2. The summed E-state index contributed by atoms with van der Waals surface area (Å²) >= 11 is 6.70. The summed E-state index contributed by atoms with van der Waals surface area (Å²) in [5, 5.41) is 0. The molecule has 0 saturated heterocycles. The molecule has 7 heteroatoms. The predicted octanol–water partition coefficient (Wildman–Crippen LogP) is 3.60. The molecule has 0 aromatic heterocycles. The SMILES string of the molecule is COP(=S)(OC)SC/C=C/O[Si](C)(C)C. The number of hydrogen-bond donors (Lipinski definition) is 0. The van der Waals surface area contributed by atoms with E-state index in [1.165, 1.54) is 11.4 Å². The molecule has 0 aromatic rings. The van der Waals surface area contributed by atoms with Gasteiger partial charge in [0.1, 0.15) is 0 Å². The van der Waals surface area contributed by atoms with Crippen molar-refractivity contribution < 1.29 is 13.5 Å². The zero-order valence-electron chi connectivity index (χ0n) is 9.85. The minimum atomic E-state index is -2.11. The molecule has 0 atom stereocenters. The van der Waals surface area contributed by atoms with Gasteiger partial charge in [0.25, 0.3) is 0 Å². The van der Waals surface area contributed by atoms with Crippen LogP contribution in [0.4, 0.5) is 0 Å². The molecule has 0 heterocycles. The van der Waals surface area contributed by atoms with Crippen molar-refractivity contribution in [3.63, 3.8) is 0 Å². The minimum absolute atomic E-state index is 0.753. The Hall–Kier alpha value is 0.677. The van der Waals surface area contributed by atoms with Crippen molar-refractivity contribution in [1.82, 2.24) is 0 Å². The normalized spacial score (nSPS) is 13.4. The molecule has 15 heavy (non-hydrogen) atoms. The summed E-state index contributed by atoms with van der Waals surface area (Å²) in [4.78, 5) is 0. The third-order valence-electron chi connectivity index (χ3n) is 1.29. The van der Waals surface area contributed by atoms with E-state index in [9.17, 15) is 0 Å². The molecule has 0 rings (SSSR count). The highest BCUT2D eigenvalue weighted by Gasteiger charge is 2.15. The maximum absolute atomic E-state index is 5.55. The summed E-state index contributed by atoms with van der Waals surface area (Å²) in [6, 6.07) is 0. The molecule has 3 nitrogen and oxygen atoms in total. The molecule has 0 saturated carbocycles. The second-order valence-corrected chi connectivity index (χ2v) is 14.7. The number of rotatable bonds is 7. The molecule has 0 aromatic carbocycles. The monoisotopic (exact) mass is 286 g/mol. The highest BCUT2D eigenvalue weighted by molar-refractivity contribution is 8.67. The van der Waals surface area contributed by atoms with Gasteiger partial charge in [-0.3, -0.25) is 0 Å². The molecule has 0 radical (unpaired) electrons. The van der Waals surface area contributed by atoms with E-state index in [1.54, 1.807) is 20.5 Å². The van der Waals surface area contributed by atoms with E-state index in [-0.39, 0.29) is 0 Å². The molecular weight excluding hydrogens is 267 g/mol. The predicted molar refractivity (Wildman–Crippen MR) is 74.3 cm³/mol. The fourth-order valence-corrected chi connectivity index (χ4v) is 3.80. The van der Waals surface area contributed by atoms with E-state index in [0.717, 1.165) is 5.75 Å². The van der Waals surface area contributed by atoms with E-state index < -0.39 is 14.0 Å². The first-order valence-electron chi connectivity index (χ1n) is 4.52. The lowest BCUT2D eigenvalue weighted by Crippen LogP contribution is -2.21. The molecule has 0 spiro atoms. The highest BCUT2D eigenvalue weighted by atomic mass is 32.9. The quantitative estimate of drug-likeness (QED) is 0.405. The van der Waals surface area contributed by atoms with Crippen LogP contribution in [0.1, 0.15) is 0 Å². The van der Waals surface area contributed by atoms with Crippen LogP contribution in [0.15, 0.2) is 12.3 Å². The lowest BCUT2D eigenvalue weighted by Gasteiger charge is -2.16. The van der Waals surface area contributed by atoms with Crippen LogP contribution in [-0.4, -0.2) is 28.3 Å². The molecular formula is C8H19O3PS2Si. The molecule has 0 aliphatic carbocycles. The topological polar surface area (TPSA) is 27.7 Å². The van der Waals surface area contributed by atoms with Crippen LogP contribution >= 0.6 is 17.1 Å². The summed E-state index contributed by atoms with van der Waals surface area (Å²) in [6.45, 7) is 6.41. The second-order valence-electron chi connectivity index (χ2n) is 3.71. The van der Waals surface area contributed by atoms with Crippen molar-refractivity contribution in [3.8, 4) is 0 Å². The first-order chi connectivity index (χ1) is 6.83. The van der Waals surface area contributed by atoms with Gasteiger partial charge >= 0.3 is 0 Å². The Morgan fingerprint density at radius 3 is 2.20 bits per heavy atom. The van der Waals surface area contributed by atoms with Crippen LogP contribution in [0.3, 0.4) is 0 Å². The molecule has 0 aliphatic rings. The highest BCUT2D eigenvalue weighted by Crippen LogP contribution is 2.59. The molecule has 0 aliphatic heterocycles.